The largest absolute Gasteiger partial charge is 0.255 e. The molecule has 2 nitrogen and oxygen atoms in total. The van der Waals surface area contributed by atoms with Gasteiger partial charge in [0.25, 0.3) is 5.82 Å². The van der Waals surface area contributed by atoms with E-state index in [1.807, 2.05) is 19.3 Å². The summed E-state index contributed by atoms with van der Waals surface area (Å²) in [6.45, 7) is 4.17. The minimum Gasteiger partial charge on any atom is -0.247 e. The van der Waals surface area contributed by atoms with Crippen molar-refractivity contribution in [1.29, 1.82) is 0 Å². The molecule has 10 heavy (non-hydrogen) atoms. The second-order valence-corrected chi connectivity index (χ2v) is 2.25. The summed E-state index contributed by atoms with van der Waals surface area (Å²) in [5.74, 6) is 1.16. The van der Waals surface area contributed by atoms with Crippen LogP contribution in [0.15, 0.2) is 18.5 Å². The van der Waals surface area contributed by atoms with Gasteiger partial charge in [0.05, 0.1) is 6.20 Å². The zero-order valence-electron chi connectivity index (χ0n) is 6.46. The molecule has 0 saturated carbocycles. The number of H-pyrrole nitrogens is 1. The van der Waals surface area contributed by atoms with Gasteiger partial charge in [-0.3, -0.25) is 0 Å². The predicted molar refractivity (Wildman–Crippen MR) is 41.3 cm³/mol. The van der Waals surface area contributed by atoms with Crippen molar-refractivity contribution >= 4 is 6.20 Å². The third kappa shape index (κ3) is 1.47. The quantitative estimate of drug-likeness (QED) is 0.596. The van der Waals surface area contributed by atoms with Gasteiger partial charge in [-0.15, -0.1) is 0 Å². The summed E-state index contributed by atoms with van der Waals surface area (Å²) in [7, 11) is 0. The first-order valence-corrected chi connectivity index (χ1v) is 3.56. The van der Waals surface area contributed by atoms with Crippen LogP contribution >= 0.6 is 0 Å². The Kier molecular flexibility index (Phi) is 2.26. The molecule has 1 heterocycles. The molecule has 0 spiro atoms. The normalized spacial score (nSPS) is 11.0. The number of rotatable bonds is 2. The molecule has 0 radical (unpaired) electrons. The van der Waals surface area contributed by atoms with E-state index in [-0.39, 0.29) is 0 Å². The van der Waals surface area contributed by atoms with Crippen molar-refractivity contribution in [2.24, 2.45) is 0 Å². The smallest absolute Gasteiger partial charge is 0.247 e. The van der Waals surface area contributed by atoms with Crippen LogP contribution in [0.3, 0.4) is 0 Å². The van der Waals surface area contributed by atoms with E-state index in [2.05, 4.69) is 28.8 Å². The fourth-order valence-corrected chi connectivity index (χ4v) is 0.805. The Morgan fingerprint density at radius 2 is 2.50 bits per heavy atom. The van der Waals surface area contributed by atoms with Gasteiger partial charge in [-0.25, -0.2) is 9.55 Å². The van der Waals surface area contributed by atoms with Gasteiger partial charge in [0.15, 0.2) is 0 Å². The first kappa shape index (κ1) is 7.06. The number of hydrogen-bond acceptors (Lipinski definition) is 0. The topological polar surface area (TPSA) is 19.7 Å². The van der Waals surface area contributed by atoms with Crippen LogP contribution in [0.1, 0.15) is 19.2 Å². The monoisotopic (exact) mass is 137 g/mol. The minimum absolute atomic E-state index is 1.08. The van der Waals surface area contributed by atoms with E-state index in [4.69, 9.17) is 0 Å². The fraction of sp³-hybridized carbons (Fsp3) is 0.375. The summed E-state index contributed by atoms with van der Waals surface area (Å²) < 4.78 is 2.06. The summed E-state index contributed by atoms with van der Waals surface area (Å²) in [5, 5.41) is 0. The van der Waals surface area contributed by atoms with E-state index >= 15 is 0 Å². The Hall–Kier alpha value is -1.05. The lowest BCUT2D eigenvalue weighted by Gasteiger charge is -1.84. The molecule has 54 valence electrons. The molecular formula is C8H13N2+. The molecule has 1 N–H and O–H groups in total. The van der Waals surface area contributed by atoms with Gasteiger partial charge in [-0.1, -0.05) is 6.92 Å². The molecule has 0 aromatic carbocycles. The lowest BCUT2D eigenvalue weighted by molar-refractivity contribution is -0.574. The minimum atomic E-state index is 1.08. The maximum atomic E-state index is 3.09. The number of aryl methyl sites for hydroxylation is 1. The first-order valence-electron chi connectivity index (χ1n) is 3.56. The maximum absolute atomic E-state index is 3.09. The summed E-state index contributed by atoms with van der Waals surface area (Å²) in [6.07, 6.45) is 9.20. The molecular weight excluding hydrogens is 124 g/mol. The van der Waals surface area contributed by atoms with Crippen molar-refractivity contribution in [2.45, 2.75) is 20.3 Å². The van der Waals surface area contributed by atoms with Crippen molar-refractivity contribution in [1.82, 2.24) is 4.98 Å². The highest BCUT2D eigenvalue weighted by molar-refractivity contribution is 5.05. The van der Waals surface area contributed by atoms with E-state index < -0.39 is 0 Å². The predicted octanol–water partition coefficient (Wildman–Crippen LogP) is 1.49. The molecule has 1 aromatic heterocycles. The van der Waals surface area contributed by atoms with Crippen LogP contribution < -0.4 is 4.57 Å². The molecule has 0 amide bonds. The lowest BCUT2D eigenvalue weighted by Crippen LogP contribution is -2.25. The van der Waals surface area contributed by atoms with Crippen LogP contribution in [0, 0.1) is 6.92 Å². The fourth-order valence-electron chi connectivity index (χ4n) is 0.805. The molecule has 0 saturated heterocycles. The zero-order valence-corrected chi connectivity index (χ0v) is 6.46. The van der Waals surface area contributed by atoms with Gasteiger partial charge in [-0.05, 0) is 12.5 Å². The third-order valence-corrected chi connectivity index (χ3v) is 1.42. The summed E-state index contributed by atoms with van der Waals surface area (Å²) in [6, 6.07) is 0. The number of aromatic amines is 1. The SMILES string of the molecule is CCC=C[n+]1cc[nH]c1C. The molecule has 1 aromatic rings. The number of aromatic nitrogens is 2. The second kappa shape index (κ2) is 3.20. The van der Waals surface area contributed by atoms with Gasteiger partial charge in [0.2, 0.25) is 0 Å². The Bertz CT molecular complexity index is 223. The third-order valence-electron chi connectivity index (χ3n) is 1.42. The zero-order chi connectivity index (χ0) is 7.40. The molecule has 0 unspecified atom stereocenters. The van der Waals surface area contributed by atoms with E-state index in [0.717, 1.165) is 12.2 Å². The van der Waals surface area contributed by atoms with Crippen molar-refractivity contribution in [3.8, 4) is 0 Å². The highest BCUT2D eigenvalue weighted by Gasteiger charge is 1.97. The van der Waals surface area contributed by atoms with Crippen LogP contribution in [0.25, 0.3) is 6.20 Å². The molecule has 1 rings (SSSR count). The summed E-state index contributed by atoms with van der Waals surface area (Å²) in [4.78, 5) is 3.09. The molecule has 0 aliphatic heterocycles. The molecule has 0 fully saturated rings. The Balaban J connectivity index is 2.74. The van der Waals surface area contributed by atoms with Crippen molar-refractivity contribution in [3.05, 3.63) is 24.3 Å². The average Bonchev–Trinajstić information content (AvgIpc) is 2.31. The van der Waals surface area contributed by atoms with Crippen molar-refractivity contribution < 1.29 is 4.57 Å². The van der Waals surface area contributed by atoms with E-state index in [1.165, 1.54) is 0 Å². The number of imidazole rings is 1. The number of nitrogens with zero attached hydrogens (tertiary/aromatic N) is 1. The second-order valence-electron chi connectivity index (χ2n) is 2.25. The van der Waals surface area contributed by atoms with Gasteiger partial charge < -0.3 is 0 Å². The molecule has 0 aliphatic carbocycles. The Morgan fingerprint density at radius 1 is 1.70 bits per heavy atom. The standard InChI is InChI=1S/C8H12N2/c1-3-4-6-10-7-5-9-8(10)2/h4-7H,3H2,1-2H3/p+1. The van der Waals surface area contributed by atoms with Gasteiger partial charge >= 0.3 is 0 Å². The van der Waals surface area contributed by atoms with Crippen molar-refractivity contribution in [2.75, 3.05) is 0 Å². The number of nitrogens with one attached hydrogen (secondary N) is 1. The van der Waals surface area contributed by atoms with Crippen molar-refractivity contribution in [3.63, 3.8) is 0 Å². The highest BCUT2D eigenvalue weighted by Crippen LogP contribution is 1.83. The first-order chi connectivity index (χ1) is 4.84. The van der Waals surface area contributed by atoms with Crippen LogP contribution in [0.5, 0.6) is 0 Å². The van der Waals surface area contributed by atoms with Gasteiger partial charge in [0, 0.05) is 6.92 Å². The Labute approximate surface area is 61.2 Å². The summed E-state index contributed by atoms with van der Waals surface area (Å²) >= 11 is 0. The molecule has 0 aliphatic rings. The molecule has 2 heteroatoms. The lowest BCUT2D eigenvalue weighted by atomic mass is 10.5. The molecule has 0 atom stereocenters. The van der Waals surface area contributed by atoms with Crippen LogP contribution in [-0.2, 0) is 0 Å². The molecule has 0 bridgehead atoms. The maximum Gasteiger partial charge on any atom is 0.255 e. The van der Waals surface area contributed by atoms with Crippen LogP contribution in [0.2, 0.25) is 0 Å². The van der Waals surface area contributed by atoms with E-state index in [1.54, 1.807) is 0 Å². The van der Waals surface area contributed by atoms with Crippen LogP contribution in [-0.4, -0.2) is 4.98 Å². The number of hydrogen-bond donors (Lipinski definition) is 1. The average molecular weight is 137 g/mol. The highest BCUT2D eigenvalue weighted by atomic mass is 15.0. The van der Waals surface area contributed by atoms with Crippen LogP contribution in [0.4, 0.5) is 0 Å². The Morgan fingerprint density at radius 3 is 3.00 bits per heavy atom. The van der Waals surface area contributed by atoms with Gasteiger partial charge in [-0.2, -0.15) is 0 Å². The van der Waals surface area contributed by atoms with E-state index in [9.17, 15) is 0 Å². The van der Waals surface area contributed by atoms with Gasteiger partial charge in [0.1, 0.15) is 12.4 Å². The summed E-state index contributed by atoms with van der Waals surface area (Å²) in [5.41, 5.74) is 0. The number of allylic oxidation sites excluding steroid dienone is 1. The van der Waals surface area contributed by atoms with E-state index in [0.29, 0.717) is 0 Å².